The number of hydrogen-bond donors (Lipinski definition) is 2. The van der Waals surface area contributed by atoms with Crippen LogP contribution in [-0.2, 0) is 17.8 Å². The van der Waals surface area contributed by atoms with Crippen LogP contribution in [0.4, 0.5) is 0 Å². The number of amides is 2. The molecule has 0 atom stereocenters. The number of aromatic amines is 1. The third kappa shape index (κ3) is 5.39. The standard InChI is InChI=1S/C28H32N4O3/c1-19-5-2-3-7-23(19)24-17-25(31-30-24)28(34)32-12-10-20(11-13-32)16-27(33)29-18-21-8-9-26-22(15-21)6-4-14-35-26/h2-3,5,7-9,15,17,20H,4,6,10-14,16,18H2,1H3,(H,29,33)(H,30,31). The summed E-state index contributed by atoms with van der Waals surface area (Å²) in [5, 5.41) is 10.3. The summed E-state index contributed by atoms with van der Waals surface area (Å²) < 4.78 is 5.66. The van der Waals surface area contributed by atoms with Crippen LogP contribution < -0.4 is 10.1 Å². The van der Waals surface area contributed by atoms with E-state index in [9.17, 15) is 9.59 Å². The van der Waals surface area contributed by atoms with Gasteiger partial charge in [-0.25, -0.2) is 0 Å². The largest absolute Gasteiger partial charge is 0.493 e. The molecule has 2 amide bonds. The Labute approximate surface area is 205 Å². The van der Waals surface area contributed by atoms with Crippen LogP contribution in [0.15, 0.2) is 48.5 Å². The number of hydrogen-bond acceptors (Lipinski definition) is 4. The summed E-state index contributed by atoms with van der Waals surface area (Å²) in [7, 11) is 0. The van der Waals surface area contributed by atoms with Gasteiger partial charge in [-0.1, -0.05) is 36.4 Å². The second-order valence-electron chi connectivity index (χ2n) is 9.59. The van der Waals surface area contributed by atoms with Crippen molar-refractivity contribution in [3.05, 3.63) is 70.9 Å². The van der Waals surface area contributed by atoms with Gasteiger partial charge in [0.1, 0.15) is 11.4 Å². The van der Waals surface area contributed by atoms with E-state index in [4.69, 9.17) is 4.74 Å². The minimum absolute atomic E-state index is 0.0309. The Kier molecular flexibility index (Phi) is 6.84. The smallest absolute Gasteiger partial charge is 0.271 e. The molecule has 2 aromatic carbocycles. The Morgan fingerprint density at radius 3 is 2.80 bits per heavy atom. The third-order valence-corrected chi connectivity index (χ3v) is 7.07. The van der Waals surface area contributed by atoms with Crippen LogP contribution in [0.25, 0.3) is 11.3 Å². The highest BCUT2D eigenvalue weighted by Gasteiger charge is 2.26. The van der Waals surface area contributed by atoms with Crippen molar-refractivity contribution in [2.75, 3.05) is 19.7 Å². The number of fused-ring (bicyclic) bond motifs is 1. The number of aromatic nitrogens is 2. The molecule has 2 aliphatic rings. The summed E-state index contributed by atoms with van der Waals surface area (Å²) in [5.74, 6) is 1.30. The SMILES string of the molecule is Cc1ccccc1-c1cc(C(=O)N2CCC(CC(=O)NCc3ccc4c(c3)CCCO4)CC2)[nH]n1. The Hall–Kier alpha value is -3.61. The van der Waals surface area contributed by atoms with E-state index in [0.29, 0.717) is 37.7 Å². The van der Waals surface area contributed by atoms with Crippen LogP contribution in [0.1, 0.15) is 52.9 Å². The van der Waals surface area contributed by atoms with Gasteiger partial charge in [0.05, 0.1) is 12.3 Å². The summed E-state index contributed by atoms with van der Waals surface area (Å²) in [6, 6.07) is 16.0. The summed E-state index contributed by atoms with van der Waals surface area (Å²) in [6.45, 7) is 4.66. The third-order valence-electron chi connectivity index (χ3n) is 7.07. The number of carbonyl (C=O) groups is 2. The summed E-state index contributed by atoms with van der Waals surface area (Å²) in [5.41, 5.74) is 5.77. The molecule has 182 valence electrons. The van der Waals surface area contributed by atoms with Crippen LogP contribution in [0.3, 0.4) is 0 Å². The van der Waals surface area contributed by atoms with Crippen molar-refractivity contribution in [3.63, 3.8) is 0 Å². The fourth-order valence-corrected chi connectivity index (χ4v) is 5.00. The van der Waals surface area contributed by atoms with E-state index in [1.807, 2.05) is 54.3 Å². The van der Waals surface area contributed by atoms with Crippen molar-refractivity contribution >= 4 is 11.8 Å². The number of likely N-dealkylation sites (tertiary alicyclic amines) is 1. The van der Waals surface area contributed by atoms with E-state index in [0.717, 1.165) is 60.4 Å². The number of carbonyl (C=O) groups excluding carboxylic acids is 2. The molecule has 1 fully saturated rings. The number of H-pyrrole nitrogens is 1. The van der Waals surface area contributed by atoms with E-state index < -0.39 is 0 Å². The van der Waals surface area contributed by atoms with Gasteiger partial charge in [0.2, 0.25) is 5.91 Å². The molecule has 2 N–H and O–H groups in total. The lowest BCUT2D eigenvalue weighted by Gasteiger charge is -2.31. The zero-order valence-corrected chi connectivity index (χ0v) is 20.2. The Bertz CT molecular complexity index is 1210. The first-order valence-corrected chi connectivity index (χ1v) is 12.5. The highest BCUT2D eigenvalue weighted by Crippen LogP contribution is 2.26. The highest BCUT2D eigenvalue weighted by molar-refractivity contribution is 5.93. The van der Waals surface area contributed by atoms with E-state index in [2.05, 4.69) is 21.6 Å². The van der Waals surface area contributed by atoms with Gasteiger partial charge < -0.3 is 15.0 Å². The Morgan fingerprint density at radius 2 is 1.97 bits per heavy atom. The van der Waals surface area contributed by atoms with E-state index in [-0.39, 0.29) is 11.8 Å². The molecular weight excluding hydrogens is 440 g/mol. The molecule has 2 aliphatic heterocycles. The summed E-state index contributed by atoms with van der Waals surface area (Å²) in [6.07, 6.45) is 4.22. The summed E-state index contributed by atoms with van der Waals surface area (Å²) in [4.78, 5) is 27.4. The van der Waals surface area contributed by atoms with E-state index in [1.165, 1.54) is 5.56 Å². The minimum Gasteiger partial charge on any atom is -0.493 e. The maximum atomic E-state index is 13.0. The molecule has 7 heteroatoms. The first-order valence-electron chi connectivity index (χ1n) is 12.5. The lowest BCUT2D eigenvalue weighted by atomic mass is 9.93. The molecule has 1 aromatic heterocycles. The molecule has 5 rings (SSSR count). The zero-order chi connectivity index (χ0) is 24.2. The lowest BCUT2D eigenvalue weighted by Crippen LogP contribution is -2.39. The maximum absolute atomic E-state index is 13.0. The second-order valence-corrected chi connectivity index (χ2v) is 9.59. The predicted octanol–water partition coefficient (Wildman–Crippen LogP) is 4.27. The predicted molar refractivity (Wildman–Crippen MR) is 134 cm³/mol. The molecule has 3 aromatic rings. The van der Waals surface area contributed by atoms with E-state index >= 15 is 0 Å². The van der Waals surface area contributed by atoms with Crippen molar-refractivity contribution in [1.29, 1.82) is 0 Å². The van der Waals surface area contributed by atoms with Gasteiger partial charge >= 0.3 is 0 Å². The number of nitrogens with zero attached hydrogens (tertiary/aromatic N) is 2. The normalized spacial score (nSPS) is 15.9. The fourth-order valence-electron chi connectivity index (χ4n) is 5.00. The number of benzene rings is 2. The van der Waals surface area contributed by atoms with Gasteiger partial charge in [0, 0.05) is 31.6 Å². The average molecular weight is 473 g/mol. The average Bonchev–Trinajstić information content (AvgIpc) is 3.38. The maximum Gasteiger partial charge on any atom is 0.271 e. The molecule has 0 spiro atoms. The molecule has 35 heavy (non-hydrogen) atoms. The van der Waals surface area contributed by atoms with Gasteiger partial charge in [-0.15, -0.1) is 0 Å². The number of ether oxygens (including phenoxy) is 1. The topological polar surface area (TPSA) is 87.3 Å². The van der Waals surface area contributed by atoms with Crippen molar-refractivity contribution in [3.8, 4) is 17.0 Å². The number of aryl methyl sites for hydroxylation is 2. The van der Waals surface area contributed by atoms with Crippen molar-refractivity contribution in [2.45, 2.75) is 45.6 Å². The number of nitrogens with one attached hydrogen (secondary N) is 2. The Morgan fingerprint density at radius 1 is 1.14 bits per heavy atom. The van der Waals surface area contributed by atoms with Crippen molar-refractivity contribution < 1.29 is 14.3 Å². The fraction of sp³-hybridized carbons (Fsp3) is 0.393. The quantitative estimate of drug-likeness (QED) is 0.561. The molecule has 0 radical (unpaired) electrons. The van der Waals surface area contributed by atoms with Crippen LogP contribution in [0.2, 0.25) is 0 Å². The number of rotatable bonds is 6. The van der Waals surface area contributed by atoms with Gasteiger partial charge in [-0.3, -0.25) is 14.7 Å². The minimum atomic E-state index is -0.0309. The molecular formula is C28H32N4O3. The lowest BCUT2D eigenvalue weighted by molar-refractivity contribution is -0.122. The molecule has 0 unspecified atom stereocenters. The monoisotopic (exact) mass is 472 g/mol. The molecule has 3 heterocycles. The van der Waals surface area contributed by atoms with Crippen LogP contribution in [0.5, 0.6) is 5.75 Å². The number of piperidine rings is 1. The van der Waals surface area contributed by atoms with Gasteiger partial charge in [0.25, 0.3) is 5.91 Å². The highest BCUT2D eigenvalue weighted by atomic mass is 16.5. The van der Waals surface area contributed by atoms with Crippen LogP contribution in [0, 0.1) is 12.8 Å². The molecule has 0 aliphatic carbocycles. The second kappa shape index (κ2) is 10.3. The molecule has 0 bridgehead atoms. The molecule has 7 nitrogen and oxygen atoms in total. The van der Waals surface area contributed by atoms with E-state index in [1.54, 1.807) is 0 Å². The molecule has 1 saturated heterocycles. The van der Waals surface area contributed by atoms with Gasteiger partial charge in [0.15, 0.2) is 0 Å². The first-order chi connectivity index (χ1) is 17.1. The molecule has 0 saturated carbocycles. The zero-order valence-electron chi connectivity index (χ0n) is 20.2. The van der Waals surface area contributed by atoms with Crippen molar-refractivity contribution in [2.24, 2.45) is 5.92 Å². The van der Waals surface area contributed by atoms with Gasteiger partial charge in [-0.2, -0.15) is 5.10 Å². The Balaban J connectivity index is 1.09. The van der Waals surface area contributed by atoms with Gasteiger partial charge in [-0.05, 0) is 67.3 Å². The van der Waals surface area contributed by atoms with Crippen molar-refractivity contribution in [1.82, 2.24) is 20.4 Å². The van der Waals surface area contributed by atoms with Crippen LogP contribution in [-0.4, -0.2) is 46.6 Å². The summed E-state index contributed by atoms with van der Waals surface area (Å²) >= 11 is 0. The van der Waals surface area contributed by atoms with Crippen LogP contribution >= 0.6 is 0 Å². The first kappa shape index (κ1) is 23.1.